The van der Waals surface area contributed by atoms with Gasteiger partial charge in [-0.05, 0) is 43.8 Å². The molecule has 0 radical (unpaired) electrons. The minimum atomic E-state index is -0.200. The monoisotopic (exact) mass is 361 g/mol. The normalized spacial score (nSPS) is 16.5. The zero-order chi connectivity index (χ0) is 18.6. The van der Waals surface area contributed by atoms with Crippen molar-refractivity contribution in [1.29, 1.82) is 0 Å². The first-order chi connectivity index (χ1) is 13.2. The van der Waals surface area contributed by atoms with Crippen LogP contribution < -0.4 is 15.5 Å². The molecule has 1 unspecified atom stereocenters. The minimum absolute atomic E-state index is 0.200. The summed E-state index contributed by atoms with van der Waals surface area (Å²) in [6, 6.07) is 20.1. The number of amides is 1. The molecule has 1 atom stereocenters. The fourth-order valence-electron chi connectivity index (χ4n) is 3.38. The van der Waals surface area contributed by atoms with E-state index in [1.165, 1.54) is 5.69 Å². The summed E-state index contributed by atoms with van der Waals surface area (Å²) in [5.74, 6) is -0.200. The van der Waals surface area contributed by atoms with Crippen molar-refractivity contribution in [2.45, 2.75) is 12.5 Å². The van der Waals surface area contributed by atoms with Crippen molar-refractivity contribution >= 4 is 17.3 Å². The summed E-state index contributed by atoms with van der Waals surface area (Å²) in [6.07, 6.45) is 1.15. The van der Waals surface area contributed by atoms with Gasteiger partial charge in [-0.1, -0.05) is 30.3 Å². The van der Waals surface area contributed by atoms with Crippen LogP contribution in [0.15, 0.2) is 60.7 Å². The molecule has 1 aliphatic rings. The van der Waals surface area contributed by atoms with Crippen LogP contribution in [0.1, 0.15) is 16.9 Å². The lowest BCUT2D eigenvalue weighted by Crippen LogP contribution is -2.29. The van der Waals surface area contributed by atoms with Gasteiger partial charge >= 0.3 is 0 Å². The van der Waals surface area contributed by atoms with Gasteiger partial charge in [0.2, 0.25) is 0 Å². The molecule has 1 saturated heterocycles. The molecule has 0 saturated carbocycles. The van der Waals surface area contributed by atoms with E-state index in [2.05, 4.69) is 37.9 Å². The summed E-state index contributed by atoms with van der Waals surface area (Å²) in [6.45, 7) is 2.06. The predicted octanol–water partition coefficient (Wildman–Crippen LogP) is 3.13. The van der Waals surface area contributed by atoms with Crippen LogP contribution in [-0.2, 0) is 0 Å². The first-order valence-corrected chi connectivity index (χ1v) is 9.17. The fraction of sp³-hybridized carbons (Fsp3) is 0.238. The molecule has 0 bridgehead atoms. The fourth-order valence-corrected chi connectivity index (χ4v) is 3.38. The summed E-state index contributed by atoms with van der Waals surface area (Å²) in [5.41, 5.74) is 4.11. The molecule has 138 valence electrons. The van der Waals surface area contributed by atoms with Crippen molar-refractivity contribution in [3.05, 3.63) is 66.4 Å². The molecular weight excluding hydrogens is 338 g/mol. The number of anilines is 2. The number of likely N-dealkylation sites (N-methyl/N-ethyl adjacent to an activating group) is 1. The van der Waals surface area contributed by atoms with Crippen LogP contribution in [0.25, 0.3) is 11.3 Å². The number of benzene rings is 2. The van der Waals surface area contributed by atoms with Gasteiger partial charge in [0.25, 0.3) is 5.91 Å². The number of aromatic nitrogens is 2. The van der Waals surface area contributed by atoms with E-state index < -0.39 is 0 Å². The van der Waals surface area contributed by atoms with E-state index in [1.807, 2.05) is 49.5 Å². The molecule has 2 heterocycles. The lowest BCUT2D eigenvalue weighted by Gasteiger charge is -2.19. The van der Waals surface area contributed by atoms with Crippen LogP contribution in [-0.4, -0.2) is 42.3 Å². The molecule has 1 aromatic heterocycles. The number of carbonyl (C=O) groups excluding carboxylic acids is 1. The summed E-state index contributed by atoms with van der Waals surface area (Å²) in [4.78, 5) is 14.8. The Hall–Kier alpha value is -3.12. The standard InChI is InChI=1S/C21H23N5O/c1-22-17-11-12-26(14-17)18-9-7-16(8-10-18)23-21(27)20-13-19(24-25-20)15-5-3-2-4-6-15/h2-10,13,17,22H,11-12,14H2,1H3,(H,23,27)(H,24,25). The van der Waals surface area contributed by atoms with Crippen molar-refractivity contribution in [1.82, 2.24) is 15.5 Å². The Labute approximate surface area is 158 Å². The number of carbonyl (C=O) groups is 1. The summed E-state index contributed by atoms with van der Waals surface area (Å²) < 4.78 is 0. The minimum Gasteiger partial charge on any atom is -0.370 e. The highest BCUT2D eigenvalue weighted by atomic mass is 16.1. The zero-order valence-corrected chi connectivity index (χ0v) is 15.3. The van der Waals surface area contributed by atoms with E-state index in [0.717, 1.165) is 36.5 Å². The van der Waals surface area contributed by atoms with Gasteiger partial charge in [-0.25, -0.2) is 0 Å². The molecule has 3 N–H and O–H groups in total. The lowest BCUT2D eigenvalue weighted by atomic mass is 10.1. The van der Waals surface area contributed by atoms with Gasteiger partial charge in [0.1, 0.15) is 5.69 Å². The van der Waals surface area contributed by atoms with Gasteiger partial charge in [-0.2, -0.15) is 5.10 Å². The molecule has 1 amide bonds. The molecule has 4 rings (SSSR count). The average molecular weight is 361 g/mol. The van der Waals surface area contributed by atoms with Crippen molar-refractivity contribution in [3.63, 3.8) is 0 Å². The first-order valence-electron chi connectivity index (χ1n) is 9.17. The number of rotatable bonds is 5. The average Bonchev–Trinajstić information content (AvgIpc) is 3.39. The molecular formula is C21H23N5O. The Morgan fingerprint density at radius 3 is 2.63 bits per heavy atom. The highest BCUT2D eigenvalue weighted by molar-refractivity contribution is 6.03. The Morgan fingerprint density at radius 1 is 1.15 bits per heavy atom. The second kappa shape index (κ2) is 7.63. The Kier molecular flexibility index (Phi) is 4.89. The van der Waals surface area contributed by atoms with Gasteiger partial charge in [-0.15, -0.1) is 0 Å². The van der Waals surface area contributed by atoms with Gasteiger partial charge < -0.3 is 15.5 Å². The highest BCUT2D eigenvalue weighted by Gasteiger charge is 2.21. The molecule has 1 aliphatic heterocycles. The third-order valence-electron chi connectivity index (χ3n) is 4.98. The molecule has 0 spiro atoms. The van der Waals surface area contributed by atoms with E-state index in [1.54, 1.807) is 6.07 Å². The number of hydrogen-bond donors (Lipinski definition) is 3. The maximum atomic E-state index is 12.5. The number of nitrogens with one attached hydrogen (secondary N) is 3. The molecule has 3 aromatic rings. The van der Waals surface area contributed by atoms with Crippen LogP contribution in [0.5, 0.6) is 0 Å². The van der Waals surface area contributed by atoms with E-state index >= 15 is 0 Å². The van der Waals surface area contributed by atoms with Crippen LogP contribution in [0.2, 0.25) is 0 Å². The molecule has 6 nitrogen and oxygen atoms in total. The number of nitrogens with zero attached hydrogens (tertiary/aromatic N) is 2. The van der Waals surface area contributed by atoms with Crippen molar-refractivity contribution < 1.29 is 4.79 Å². The second-order valence-electron chi connectivity index (χ2n) is 6.75. The van der Waals surface area contributed by atoms with E-state index in [9.17, 15) is 4.79 Å². The zero-order valence-electron chi connectivity index (χ0n) is 15.3. The van der Waals surface area contributed by atoms with E-state index in [4.69, 9.17) is 0 Å². The number of aromatic amines is 1. The SMILES string of the molecule is CNC1CCN(c2ccc(NC(=O)c3cc(-c4ccccc4)n[nH]3)cc2)C1. The summed E-state index contributed by atoms with van der Waals surface area (Å²) in [5, 5.41) is 13.3. The van der Waals surface area contributed by atoms with Crippen LogP contribution in [0, 0.1) is 0 Å². The third-order valence-corrected chi connectivity index (χ3v) is 4.98. The Bertz CT molecular complexity index is 904. The van der Waals surface area contributed by atoms with Gasteiger partial charge in [0.15, 0.2) is 0 Å². The number of hydrogen-bond acceptors (Lipinski definition) is 4. The summed E-state index contributed by atoms with van der Waals surface area (Å²) in [7, 11) is 2.01. The Balaban J connectivity index is 1.41. The number of H-pyrrole nitrogens is 1. The molecule has 27 heavy (non-hydrogen) atoms. The molecule has 1 fully saturated rings. The van der Waals surface area contributed by atoms with Crippen molar-refractivity contribution in [3.8, 4) is 11.3 Å². The third kappa shape index (κ3) is 3.85. The largest absolute Gasteiger partial charge is 0.370 e. The Morgan fingerprint density at radius 2 is 1.93 bits per heavy atom. The maximum absolute atomic E-state index is 12.5. The first kappa shape index (κ1) is 17.3. The van der Waals surface area contributed by atoms with Crippen LogP contribution in [0.3, 0.4) is 0 Å². The van der Waals surface area contributed by atoms with Gasteiger partial charge in [0.05, 0.1) is 5.69 Å². The van der Waals surface area contributed by atoms with E-state index in [0.29, 0.717) is 11.7 Å². The quantitative estimate of drug-likeness (QED) is 0.653. The lowest BCUT2D eigenvalue weighted by molar-refractivity contribution is 0.102. The van der Waals surface area contributed by atoms with Gasteiger partial charge in [-0.3, -0.25) is 9.89 Å². The smallest absolute Gasteiger partial charge is 0.273 e. The van der Waals surface area contributed by atoms with E-state index in [-0.39, 0.29) is 5.91 Å². The summed E-state index contributed by atoms with van der Waals surface area (Å²) >= 11 is 0. The molecule has 0 aliphatic carbocycles. The predicted molar refractivity (Wildman–Crippen MR) is 108 cm³/mol. The highest BCUT2D eigenvalue weighted by Crippen LogP contribution is 2.23. The van der Waals surface area contributed by atoms with Gasteiger partial charge in [0, 0.05) is 36.1 Å². The molecule has 6 heteroatoms. The van der Waals surface area contributed by atoms with Crippen molar-refractivity contribution in [2.75, 3.05) is 30.4 Å². The molecule has 2 aromatic carbocycles. The second-order valence-corrected chi connectivity index (χ2v) is 6.75. The van der Waals surface area contributed by atoms with Crippen molar-refractivity contribution in [2.24, 2.45) is 0 Å². The van der Waals surface area contributed by atoms with Crippen LogP contribution in [0.4, 0.5) is 11.4 Å². The topological polar surface area (TPSA) is 73.0 Å². The van der Waals surface area contributed by atoms with Crippen LogP contribution >= 0.6 is 0 Å². The maximum Gasteiger partial charge on any atom is 0.273 e.